The molecule has 0 amide bonds. The normalized spacial score (nSPS) is 14.2. The second kappa shape index (κ2) is 7.43. The highest BCUT2D eigenvalue weighted by Crippen LogP contribution is 2.35. The fraction of sp³-hybridized carbons (Fsp3) is 0.333. The molecule has 0 radical (unpaired) electrons. The molecule has 2 aromatic rings. The van der Waals surface area contributed by atoms with Crippen LogP contribution in [0.25, 0.3) is 0 Å². The Morgan fingerprint density at radius 3 is 2.50 bits per heavy atom. The Bertz CT molecular complexity index is 544. The second-order valence-electron chi connectivity index (χ2n) is 4.74. The number of hydrogen-bond donors (Lipinski definition) is 2. The minimum absolute atomic E-state index is 0.0119. The van der Waals surface area contributed by atoms with E-state index in [1.807, 2.05) is 31.2 Å². The molecule has 1 heterocycles. The summed E-state index contributed by atoms with van der Waals surface area (Å²) in [7, 11) is 0. The van der Waals surface area contributed by atoms with Gasteiger partial charge in [0.05, 0.1) is 15.3 Å². The maximum Gasteiger partial charge on any atom is 0.0991 e. The molecular formula is C15H17Cl2NOS. The summed E-state index contributed by atoms with van der Waals surface area (Å²) in [5.41, 5.74) is 2.17. The summed E-state index contributed by atoms with van der Waals surface area (Å²) in [6.45, 7) is 2.10. The highest BCUT2D eigenvalue weighted by Gasteiger charge is 2.17. The van der Waals surface area contributed by atoms with Crippen molar-refractivity contribution in [2.45, 2.75) is 25.4 Å². The van der Waals surface area contributed by atoms with Crippen LogP contribution >= 0.6 is 34.5 Å². The Labute approximate surface area is 133 Å². The molecule has 0 spiro atoms. The second-order valence-corrected chi connectivity index (χ2v) is 7.02. The molecule has 20 heavy (non-hydrogen) atoms. The van der Waals surface area contributed by atoms with Crippen LogP contribution in [0.3, 0.4) is 0 Å². The minimum atomic E-state index is -0.0119. The first kappa shape index (κ1) is 15.8. The molecule has 0 bridgehead atoms. The molecule has 2 nitrogen and oxygen atoms in total. The lowest BCUT2D eigenvalue weighted by Crippen LogP contribution is -2.36. The van der Waals surface area contributed by atoms with E-state index in [1.54, 1.807) is 0 Å². The summed E-state index contributed by atoms with van der Waals surface area (Å²) in [5.74, 6) is 0. The molecule has 1 unspecified atom stereocenters. The fourth-order valence-corrected chi connectivity index (χ4v) is 3.81. The molecule has 0 aliphatic rings. The topological polar surface area (TPSA) is 32.3 Å². The molecule has 108 valence electrons. The van der Waals surface area contributed by atoms with Crippen molar-refractivity contribution in [2.75, 3.05) is 6.61 Å². The van der Waals surface area contributed by atoms with E-state index in [2.05, 4.69) is 17.4 Å². The number of halogens is 2. The van der Waals surface area contributed by atoms with Gasteiger partial charge in [-0.15, -0.1) is 11.3 Å². The Morgan fingerprint density at radius 2 is 1.95 bits per heavy atom. The monoisotopic (exact) mass is 329 g/mol. The number of hydrogen-bond acceptors (Lipinski definition) is 3. The quantitative estimate of drug-likeness (QED) is 0.827. The van der Waals surface area contributed by atoms with Gasteiger partial charge in [0.1, 0.15) is 0 Å². The van der Waals surface area contributed by atoms with Crippen LogP contribution in [-0.2, 0) is 6.42 Å². The number of aliphatic hydroxyl groups excluding tert-OH is 1. The van der Waals surface area contributed by atoms with E-state index in [9.17, 15) is 5.11 Å². The summed E-state index contributed by atoms with van der Waals surface area (Å²) < 4.78 is 1.38. The van der Waals surface area contributed by atoms with Crippen molar-refractivity contribution >= 4 is 34.5 Å². The van der Waals surface area contributed by atoms with Gasteiger partial charge < -0.3 is 10.4 Å². The number of thiophene rings is 1. The van der Waals surface area contributed by atoms with Gasteiger partial charge in [-0.05, 0) is 30.5 Å². The maximum absolute atomic E-state index is 9.54. The van der Waals surface area contributed by atoms with Crippen LogP contribution in [0.1, 0.15) is 24.1 Å². The molecule has 2 rings (SSSR count). The lowest BCUT2D eigenvalue weighted by atomic mass is 10.0. The molecular weight excluding hydrogens is 313 g/mol. The average molecular weight is 330 g/mol. The maximum atomic E-state index is 9.54. The van der Waals surface area contributed by atoms with Crippen molar-refractivity contribution < 1.29 is 5.11 Å². The molecule has 1 aromatic heterocycles. The van der Waals surface area contributed by atoms with Crippen LogP contribution in [0.15, 0.2) is 36.4 Å². The van der Waals surface area contributed by atoms with Gasteiger partial charge in [-0.2, -0.15) is 0 Å². The number of benzene rings is 1. The van der Waals surface area contributed by atoms with Gasteiger partial charge in [0.2, 0.25) is 0 Å². The van der Waals surface area contributed by atoms with E-state index < -0.39 is 0 Å². The van der Waals surface area contributed by atoms with Crippen molar-refractivity contribution in [1.29, 1.82) is 0 Å². The van der Waals surface area contributed by atoms with E-state index >= 15 is 0 Å². The Kier molecular flexibility index (Phi) is 5.87. The largest absolute Gasteiger partial charge is 0.395 e. The zero-order valence-electron chi connectivity index (χ0n) is 11.1. The molecule has 0 fully saturated rings. The van der Waals surface area contributed by atoms with E-state index in [0.29, 0.717) is 8.67 Å². The third-order valence-electron chi connectivity index (χ3n) is 3.18. The highest BCUT2D eigenvalue weighted by molar-refractivity contribution is 7.20. The molecule has 0 saturated heterocycles. The first-order chi connectivity index (χ1) is 9.60. The van der Waals surface area contributed by atoms with Crippen molar-refractivity contribution in [3.8, 4) is 0 Å². The zero-order chi connectivity index (χ0) is 14.5. The standard InChI is InChI=1S/C15H17Cl2NOS/c1-10(13-8-14(16)20-15(13)17)18-12(9-19)7-11-5-3-2-4-6-11/h2-6,8,10,12,18-19H,7,9H2,1H3/t10?,12-/m0/s1. The average Bonchev–Trinajstić information content (AvgIpc) is 2.78. The Balaban J connectivity index is 2.01. The van der Waals surface area contributed by atoms with Crippen molar-refractivity contribution in [2.24, 2.45) is 0 Å². The predicted octanol–water partition coefficient (Wildman–Crippen LogP) is 4.31. The van der Waals surface area contributed by atoms with E-state index in [1.165, 1.54) is 16.9 Å². The third-order valence-corrected chi connectivity index (χ3v) is 4.70. The fourth-order valence-electron chi connectivity index (χ4n) is 2.17. The Morgan fingerprint density at radius 1 is 1.25 bits per heavy atom. The first-order valence-electron chi connectivity index (χ1n) is 6.45. The van der Waals surface area contributed by atoms with Crippen LogP contribution in [-0.4, -0.2) is 17.8 Å². The van der Waals surface area contributed by atoms with E-state index in [-0.39, 0.29) is 18.7 Å². The van der Waals surface area contributed by atoms with Crippen LogP contribution in [0.4, 0.5) is 0 Å². The molecule has 2 N–H and O–H groups in total. The van der Waals surface area contributed by atoms with E-state index in [0.717, 1.165) is 12.0 Å². The SMILES string of the molecule is CC(N[C@H](CO)Cc1ccccc1)c1cc(Cl)sc1Cl. The minimum Gasteiger partial charge on any atom is -0.395 e. The smallest absolute Gasteiger partial charge is 0.0991 e. The van der Waals surface area contributed by atoms with Gasteiger partial charge in [-0.25, -0.2) is 0 Å². The molecule has 1 aromatic carbocycles. The van der Waals surface area contributed by atoms with Crippen LogP contribution in [0.2, 0.25) is 8.67 Å². The van der Waals surface area contributed by atoms with Crippen LogP contribution in [0, 0.1) is 0 Å². The first-order valence-corrected chi connectivity index (χ1v) is 8.03. The van der Waals surface area contributed by atoms with Gasteiger partial charge in [-0.3, -0.25) is 0 Å². The van der Waals surface area contributed by atoms with Gasteiger partial charge in [0.15, 0.2) is 0 Å². The molecule has 5 heteroatoms. The lowest BCUT2D eigenvalue weighted by molar-refractivity contribution is 0.232. The molecule has 0 saturated carbocycles. The molecule has 0 aliphatic carbocycles. The summed E-state index contributed by atoms with van der Waals surface area (Å²) in [4.78, 5) is 0. The van der Waals surface area contributed by atoms with Crippen molar-refractivity contribution in [1.82, 2.24) is 5.32 Å². The van der Waals surface area contributed by atoms with Crippen LogP contribution in [0.5, 0.6) is 0 Å². The van der Waals surface area contributed by atoms with Crippen molar-refractivity contribution in [3.63, 3.8) is 0 Å². The lowest BCUT2D eigenvalue weighted by Gasteiger charge is -2.21. The molecule has 0 aliphatic heterocycles. The number of rotatable bonds is 6. The van der Waals surface area contributed by atoms with E-state index in [4.69, 9.17) is 23.2 Å². The predicted molar refractivity (Wildman–Crippen MR) is 86.9 cm³/mol. The Hall–Kier alpha value is -0.580. The number of aliphatic hydroxyl groups is 1. The van der Waals surface area contributed by atoms with Gasteiger partial charge in [-0.1, -0.05) is 53.5 Å². The van der Waals surface area contributed by atoms with Gasteiger partial charge in [0.25, 0.3) is 0 Å². The summed E-state index contributed by atoms with van der Waals surface area (Å²) in [6, 6.07) is 12.0. The van der Waals surface area contributed by atoms with Gasteiger partial charge in [0, 0.05) is 12.1 Å². The summed E-state index contributed by atoms with van der Waals surface area (Å²) in [6.07, 6.45) is 0.775. The van der Waals surface area contributed by atoms with Crippen LogP contribution < -0.4 is 5.32 Å². The van der Waals surface area contributed by atoms with Gasteiger partial charge >= 0.3 is 0 Å². The third kappa shape index (κ3) is 4.21. The summed E-state index contributed by atoms with van der Waals surface area (Å²) >= 11 is 13.5. The zero-order valence-corrected chi connectivity index (χ0v) is 13.5. The summed E-state index contributed by atoms with van der Waals surface area (Å²) in [5, 5.41) is 12.9. The highest BCUT2D eigenvalue weighted by atomic mass is 35.5. The van der Waals surface area contributed by atoms with Crippen molar-refractivity contribution in [3.05, 3.63) is 56.2 Å². The number of nitrogens with one attached hydrogen (secondary N) is 1. The molecule has 2 atom stereocenters.